The highest BCUT2D eigenvalue weighted by Gasteiger charge is 2.11. The zero-order valence-corrected chi connectivity index (χ0v) is 12.5. The second kappa shape index (κ2) is 6.89. The van der Waals surface area contributed by atoms with E-state index in [1.54, 1.807) is 10.9 Å². The lowest BCUT2D eigenvalue weighted by Crippen LogP contribution is -2.36. The maximum Gasteiger partial charge on any atom is 0.258 e. The van der Waals surface area contributed by atoms with Gasteiger partial charge in [0, 0.05) is 6.20 Å². The van der Waals surface area contributed by atoms with Crippen LogP contribution in [-0.2, 0) is 9.59 Å². The Bertz CT molecular complexity index is 642. The van der Waals surface area contributed by atoms with E-state index in [9.17, 15) is 9.59 Å². The van der Waals surface area contributed by atoms with Crippen LogP contribution in [0.2, 0.25) is 0 Å². The number of ether oxygens (including phenoxy) is 1. The number of halogens is 1. The summed E-state index contributed by atoms with van der Waals surface area (Å²) in [5, 5.41) is 6.55. The van der Waals surface area contributed by atoms with Crippen LogP contribution < -0.4 is 15.8 Å². The van der Waals surface area contributed by atoms with Crippen LogP contribution >= 0.6 is 15.9 Å². The summed E-state index contributed by atoms with van der Waals surface area (Å²) in [5.74, 6) is -0.777. The van der Waals surface area contributed by atoms with Crippen LogP contribution in [0.1, 0.15) is 0 Å². The maximum absolute atomic E-state index is 11.4. The first-order valence-corrected chi connectivity index (χ1v) is 6.84. The van der Waals surface area contributed by atoms with Crippen molar-refractivity contribution in [2.75, 3.05) is 13.2 Å². The van der Waals surface area contributed by atoms with Crippen molar-refractivity contribution in [1.29, 1.82) is 0 Å². The molecule has 1 heterocycles. The molecule has 2 amide bonds. The van der Waals surface area contributed by atoms with Crippen LogP contribution in [-0.4, -0.2) is 34.7 Å². The van der Waals surface area contributed by atoms with Crippen molar-refractivity contribution in [3.63, 3.8) is 0 Å². The number of rotatable bonds is 6. The SMILES string of the molecule is NC(=O)CNC(=O)COc1nn(-c2ccccc2)cc1Br. The summed E-state index contributed by atoms with van der Waals surface area (Å²) in [6.07, 6.45) is 1.73. The Morgan fingerprint density at radius 1 is 1.33 bits per heavy atom. The lowest BCUT2D eigenvalue weighted by molar-refractivity contribution is -0.126. The van der Waals surface area contributed by atoms with E-state index in [0.29, 0.717) is 4.47 Å². The lowest BCUT2D eigenvalue weighted by atomic mass is 10.3. The Balaban J connectivity index is 1.97. The molecule has 0 radical (unpaired) electrons. The van der Waals surface area contributed by atoms with Gasteiger partial charge in [-0.15, -0.1) is 5.10 Å². The van der Waals surface area contributed by atoms with Gasteiger partial charge in [-0.25, -0.2) is 4.68 Å². The fraction of sp³-hybridized carbons (Fsp3) is 0.154. The average Bonchev–Trinajstić information content (AvgIpc) is 2.85. The van der Waals surface area contributed by atoms with Crippen molar-refractivity contribution < 1.29 is 14.3 Å². The fourth-order valence-corrected chi connectivity index (χ4v) is 1.91. The number of hydrogen-bond acceptors (Lipinski definition) is 4. The molecule has 21 heavy (non-hydrogen) atoms. The number of amides is 2. The molecule has 0 unspecified atom stereocenters. The second-order valence-corrected chi connectivity index (χ2v) is 4.95. The third-order valence-corrected chi connectivity index (χ3v) is 3.00. The number of nitrogens with one attached hydrogen (secondary N) is 1. The quantitative estimate of drug-likeness (QED) is 0.795. The number of nitrogens with zero attached hydrogens (tertiary/aromatic N) is 2. The smallest absolute Gasteiger partial charge is 0.258 e. The van der Waals surface area contributed by atoms with E-state index in [2.05, 4.69) is 26.3 Å². The maximum atomic E-state index is 11.4. The van der Waals surface area contributed by atoms with Crippen LogP contribution in [0.3, 0.4) is 0 Å². The Morgan fingerprint density at radius 3 is 2.71 bits per heavy atom. The van der Waals surface area contributed by atoms with Gasteiger partial charge in [0.25, 0.3) is 5.91 Å². The molecule has 1 aromatic heterocycles. The molecule has 0 aliphatic rings. The summed E-state index contributed by atoms with van der Waals surface area (Å²) < 4.78 is 7.54. The van der Waals surface area contributed by atoms with Crippen LogP contribution in [0.5, 0.6) is 5.88 Å². The van der Waals surface area contributed by atoms with E-state index < -0.39 is 11.8 Å². The molecule has 2 aromatic rings. The molecule has 0 spiro atoms. The highest BCUT2D eigenvalue weighted by Crippen LogP contribution is 2.24. The van der Waals surface area contributed by atoms with Gasteiger partial charge in [0.2, 0.25) is 11.8 Å². The first-order valence-electron chi connectivity index (χ1n) is 6.04. The molecular weight excluding hydrogens is 340 g/mol. The molecule has 0 fully saturated rings. The zero-order chi connectivity index (χ0) is 15.2. The second-order valence-electron chi connectivity index (χ2n) is 4.09. The van der Waals surface area contributed by atoms with E-state index in [4.69, 9.17) is 10.5 Å². The number of carbonyl (C=O) groups excluding carboxylic acids is 2. The van der Waals surface area contributed by atoms with Gasteiger partial charge >= 0.3 is 0 Å². The number of nitrogens with two attached hydrogens (primary N) is 1. The standard InChI is InChI=1S/C13H13BrN4O3/c14-10-7-18(9-4-2-1-3-5-9)17-13(10)21-8-12(20)16-6-11(15)19/h1-5,7H,6,8H2,(H2,15,19)(H,16,20). The van der Waals surface area contributed by atoms with Crippen molar-refractivity contribution in [3.05, 3.63) is 41.0 Å². The third kappa shape index (κ3) is 4.32. The number of hydrogen-bond donors (Lipinski definition) is 2. The number of primary amides is 1. The molecule has 0 aliphatic carbocycles. The largest absolute Gasteiger partial charge is 0.466 e. The molecule has 110 valence electrons. The van der Waals surface area contributed by atoms with E-state index >= 15 is 0 Å². The first kappa shape index (κ1) is 15.0. The van der Waals surface area contributed by atoms with Crippen LogP contribution in [0.15, 0.2) is 41.0 Å². The fourth-order valence-electron chi connectivity index (χ4n) is 1.52. The summed E-state index contributed by atoms with van der Waals surface area (Å²) in [7, 11) is 0. The molecule has 1 aromatic carbocycles. The molecule has 0 bridgehead atoms. The topological polar surface area (TPSA) is 99.2 Å². The zero-order valence-electron chi connectivity index (χ0n) is 11.0. The van der Waals surface area contributed by atoms with Gasteiger partial charge in [-0.1, -0.05) is 18.2 Å². The lowest BCUT2D eigenvalue weighted by Gasteiger charge is -2.04. The highest BCUT2D eigenvalue weighted by molar-refractivity contribution is 9.10. The minimum absolute atomic E-state index is 0.220. The molecule has 8 heteroatoms. The van der Waals surface area contributed by atoms with Crippen LogP contribution in [0, 0.1) is 0 Å². The molecule has 3 N–H and O–H groups in total. The molecule has 0 saturated heterocycles. The molecule has 7 nitrogen and oxygen atoms in total. The van der Waals surface area contributed by atoms with Crippen molar-refractivity contribution in [2.45, 2.75) is 0 Å². The van der Waals surface area contributed by atoms with E-state index in [1.807, 2.05) is 30.3 Å². The Morgan fingerprint density at radius 2 is 2.05 bits per heavy atom. The summed E-state index contributed by atoms with van der Waals surface area (Å²) >= 11 is 3.31. The van der Waals surface area contributed by atoms with Gasteiger partial charge in [-0.05, 0) is 28.1 Å². The minimum Gasteiger partial charge on any atom is -0.466 e. The summed E-state index contributed by atoms with van der Waals surface area (Å²) in [6.45, 7) is -0.473. The van der Waals surface area contributed by atoms with E-state index in [-0.39, 0.29) is 19.0 Å². The number of para-hydroxylation sites is 1. The molecule has 0 saturated carbocycles. The Kier molecular flexibility index (Phi) is 4.94. The van der Waals surface area contributed by atoms with Gasteiger partial charge in [-0.2, -0.15) is 0 Å². The van der Waals surface area contributed by atoms with Gasteiger partial charge in [0.15, 0.2) is 6.61 Å². The summed E-state index contributed by atoms with van der Waals surface area (Å²) in [5.41, 5.74) is 5.79. The van der Waals surface area contributed by atoms with Crippen LogP contribution in [0.25, 0.3) is 5.69 Å². The van der Waals surface area contributed by atoms with Crippen LogP contribution in [0.4, 0.5) is 0 Å². The van der Waals surface area contributed by atoms with Gasteiger partial charge in [-0.3, -0.25) is 9.59 Å². The molecule has 0 aliphatic heterocycles. The average molecular weight is 353 g/mol. The van der Waals surface area contributed by atoms with Gasteiger partial charge < -0.3 is 15.8 Å². The van der Waals surface area contributed by atoms with E-state index in [0.717, 1.165) is 5.69 Å². The summed E-state index contributed by atoms with van der Waals surface area (Å²) in [4.78, 5) is 22.0. The predicted octanol–water partition coefficient (Wildman–Crippen LogP) is 0.615. The number of benzene rings is 1. The minimum atomic E-state index is -0.613. The van der Waals surface area contributed by atoms with Gasteiger partial charge in [0.05, 0.1) is 16.7 Å². The molecule has 0 atom stereocenters. The van der Waals surface area contributed by atoms with Gasteiger partial charge in [0.1, 0.15) is 0 Å². The molecular formula is C13H13BrN4O3. The number of carbonyl (C=O) groups is 2. The first-order chi connectivity index (χ1) is 10.1. The molecule has 2 rings (SSSR count). The highest BCUT2D eigenvalue weighted by atomic mass is 79.9. The number of aromatic nitrogens is 2. The summed E-state index contributed by atoms with van der Waals surface area (Å²) in [6, 6.07) is 9.47. The normalized spacial score (nSPS) is 10.1. The Labute approximate surface area is 129 Å². The predicted molar refractivity (Wildman–Crippen MR) is 79.0 cm³/mol. The monoisotopic (exact) mass is 352 g/mol. The van der Waals surface area contributed by atoms with Crippen molar-refractivity contribution in [3.8, 4) is 11.6 Å². The van der Waals surface area contributed by atoms with Crippen molar-refractivity contribution in [2.24, 2.45) is 5.73 Å². The third-order valence-electron chi connectivity index (χ3n) is 2.46. The van der Waals surface area contributed by atoms with Crippen molar-refractivity contribution in [1.82, 2.24) is 15.1 Å². The van der Waals surface area contributed by atoms with Crippen molar-refractivity contribution >= 4 is 27.7 Å². The Hall–Kier alpha value is -2.35. The van der Waals surface area contributed by atoms with E-state index in [1.165, 1.54) is 0 Å².